The van der Waals surface area contributed by atoms with Crippen LogP contribution in [0.1, 0.15) is 16.1 Å². The number of aldehydes is 1. The summed E-state index contributed by atoms with van der Waals surface area (Å²) in [5.74, 6) is 0.775. The quantitative estimate of drug-likeness (QED) is 0.623. The molecule has 82 valence electrons. The van der Waals surface area contributed by atoms with Crippen molar-refractivity contribution >= 4 is 29.6 Å². The van der Waals surface area contributed by atoms with E-state index in [9.17, 15) is 4.79 Å². The van der Waals surface area contributed by atoms with Gasteiger partial charge in [-0.3, -0.25) is 4.79 Å². The molecule has 2 rings (SSSR count). The van der Waals surface area contributed by atoms with E-state index >= 15 is 0 Å². The van der Waals surface area contributed by atoms with E-state index in [1.54, 1.807) is 6.26 Å². The molecule has 0 aromatic carbocycles. The molecule has 0 radical (unpaired) electrons. The maximum atomic E-state index is 10.9. The number of carbonyl (C=O) groups is 1. The summed E-state index contributed by atoms with van der Waals surface area (Å²) in [5.41, 5.74) is 0.301. The molecule has 0 spiro atoms. The second-order valence-corrected chi connectivity index (χ2v) is 4.33. The molecule has 2 aromatic heterocycles. The smallest absolute Gasteiger partial charge is 0.155 e. The van der Waals surface area contributed by atoms with Crippen molar-refractivity contribution in [1.82, 2.24) is 9.97 Å². The molecule has 0 fully saturated rings. The molecule has 0 saturated heterocycles. The summed E-state index contributed by atoms with van der Waals surface area (Å²) < 4.78 is 5.15. The Balaban J connectivity index is 2.38. The highest BCUT2D eigenvalue weighted by Crippen LogP contribution is 2.32. The molecule has 2 aromatic rings. The largest absolute Gasteiger partial charge is 0.468 e. The van der Waals surface area contributed by atoms with Gasteiger partial charge in [0.15, 0.2) is 6.29 Å². The lowest BCUT2D eigenvalue weighted by Crippen LogP contribution is -1.93. The first-order valence-electron chi connectivity index (χ1n) is 4.40. The highest BCUT2D eigenvalue weighted by atomic mass is 35.5. The van der Waals surface area contributed by atoms with E-state index in [0.717, 1.165) is 10.7 Å². The van der Waals surface area contributed by atoms with E-state index in [1.807, 2.05) is 13.0 Å². The van der Waals surface area contributed by atoms with Crippen molar-refractivity contribution in [2.24, 2.45) is 0 Å². The zero-order chi connectivity index (χ0) is 11.5. The predicted molar refractivity (Wildman–Crippen MR) is 60.0 cm³/mol. The Kier molecular flexibility index (Phi) is 3.26. The van der Waals surface area contributed by atoms with Gasteiger partial charge in [-0.25, -0.2) is 9.97 Å². The summed E-state index contributed by atoms with van der Waals surface area (Å²) in [7, 11) is 0. The van der Waals surface area contributed by atoms with E-state index in [2.05, 4.69) is 9.97 Å². The van der Waals surface area contributed by atoms with Crippen LogP contribution in [-0.4, -0.2) is 16.3 Å². The first-order valence-corrected chi connectivity index (χ1v) is 5.59. The lowest BCUT2D eigenvalue weighted by molar-refractivity contribution is 0.112. The summed E-state index contributed by atoms with van der Waals surface area (Å²) >= 11 is 7.12. The lowest BCUT2D eigenvalue weighted by atomic mass is 10.4. The van der Waals surface area contributed by atoms with Crippen molar-refractivity contribution in [3.05, 3.63) is 35.1 Å². The van der Waals surface area contributed by atoms with Gasteiger partial charge in [0.1, 0.15) is 22.3 Å². The van der Waals surface area contributed by atoms with Gasteiger partial charge in [-0.2, -0.15) is 0 Å². The van der Waals surface area contributed by atoms with Crippen molar-refractivity contribution in [3.63, 3.8) is 0 Å². The van der Waals surface area contributed by atoms with Crippen LogP contribution >= 0.6 is 23.4 Å². The van der Waals surface area contributed by atoms with Gasteiger partial charge in [-0.15, -0.1) is 0 Å². The Morgan fingerprint density at radius 1 is 1.50 bits per heavy atom. The fourth-order valence-electron chi connectivity index (χ4n) is 1.12. The van der Waals surface area contributed by atoms with E-state index in [4.69, 9.17) is 16.0 Å². The number of carbonyl (C=O) groups excluding carboxylic acids is 1. The van der Waals surface area contributed by atoms with Crippen LogP contribution in [0.3, 0.4) is 0 Å². The molecular formula is C10H7ClN2O2S. The van der Waals surface area contributed by atoms with Gasteiger partial charge >= 0.3 is 0 Å². The van der Waals surface area contributed by atoms with Gasteiger partial charge in [0.25, 0.3) is 0 Å². The monoisotopic (exact) mass is 254 g/mol. The fraction of sp³-hybridized carbons (Fsp3) is 0.100. The molecule has 4 nitrogen and oxygen atoms in total. The maximum Gasteiger partial charge on any atom is 0.155 e. The van der Waals surface area contributed by atoms with E-state index in [1.165, 1.54) is 18.1 Å². The molecular weight excluding hydrogens is 248 g/mol. The Bertz CT molecular complexity index is 527. The molecule has 0 atom stereocenters. The molecule has 0 saturated carbocycles. The van der Waals surface area contributed by atoms with Crippen molar-refractivity contribution in [2.75, 3.05) is 0 Å². The summed E-state index contributed by atoms with van der Waals surface area (Å²) in [6, 6.07) is 1.81. The number of hydrogen-bond donors (Lipinski definition) is 0. The third kappa shape index (κ3) is 2.10. The molecule has 0 aliphatic carbocycles. The van der Waals surface area contributed by atoms with Crippen molar-refractivity contribution < 1.29 is 9.21 Å². The second-order valence-electron chi connectivity index (χ2n) is 2.94. The molecule has 0 amide bonds. The molecule has 0 bridgehead atoms. The molecule has 0 aliphatic rings. The Hall–Kier alpha value is -1.33. The van der Waals surface area contributed by atoms with Crippen molar-refractivity contribution in [3.8, 4) is 0 Å². The number of hydrogen-bond acceptors (Lipinski definition) is 5. The normalized spacial score (nSPS) is 10.4. The summed E-state index contributed by atoms with van der Waals surface area (Å²) in [6.07, 6.45) is 3.56. The zero-order valence-electron chi connectivity index (χ0n) is 8.31. The average Bonchev–Trinajstić information content (AvgIpc) is 2.65. The van der Waals surface area contributed by atoms with Crippen LogP contribution in [0.2, 0.25) is 5.15 Å². The fourth-order valence-corrected chi connectivity index (χ4v) is 2.24. The van der Waals surface area contributed by atoms with E-state index < -0.39 is 0 Å². The molecule has 0 aliphatic heterocycles. The Labute approximate surface area is 101 Å². The molecule has 2 heterocycles. The van der Waals surface area contributed by atoms with Crippen LogP contribution in [0.15, 0.2) is 33.0 Å². The van der Waals surface area contributed by atoms with Crippen LogP contribution < -0.4 is 0 Å². The van der Waals surface area contributed by atoms with Crippen molar-refractivity contribution in [1.29, 1.82) is 0 Å². The summed E-state index contributed by atoms with van der Waals surface area (Å²) in [5, 5.41) is 0.688. The zero-order valence-corrected chi connectivity index (χ0v) is 9.88. The molecule has 16 heavy (non-hydrogen) atoms. The van der Waals surface area contributed by atoms with E-state index in [0.29, 0.717) is 16.9 Å². The molecule has 0 N–H and O–H groups in total. The number of aryl methyl sites for hydroxylation is 1. The number of nitrogens with zero attached hydrogens (tertiary/aromatic N) is 2. The standard InChI is InChI=1S/C10H7ClN2O2S/c1-6-8(2-3-15-6)16-10-7(4-14)9(11)12-5-13-10/h2-5H,1H3. The average molecular weight is 255 g/mol. The Morgan fingerprint density at radius 3 is 2.94 bits per heavy atom. The van der Waals surface area contributed by atoms with E-state index in [-0.39, 0.29) is 5.15 Å². The van der Waals surface area contributed by atoms with Crippen LogP contribution in [0.4, 0.5) is 0 Å². The van der Waals surface area contributed by atoms with Crippen molar-refractivity contribution in [2.45, 2.75) is 16.8 Å². The molecule has 0 unspecified atom stereocenters. The van der Waals surface area contributed by atoms with Gasteiger partial charge in [0, 0.05) is 0 Å². The van der Waals surface area contributed by atoms with Crippen LogP contribution in [-0.2, 0) is 0 Å². The SMILES string of the molecule is Cc1occc1Sc1ncnc(Cl)c1C=O. The van der Waals surface area contributed by atoms with Crippen LogP contribution in [0.5, 0.6) is 0 Å². The second kappa shape index (κ2) is 4.67. The van der Waals surface area contributed by atoms with Gasteiger partial charge in [0.05, 0.1) is 16.7 Å². The number of rotatable bonds is 3. The highest BCUT2D eigenvalue weighted by molar-refractivity contribution is 7.99. The Morgan fingerprint density at radius 2 is 2.31 bits per heavy atom. The third-order valence-corrected chi connectivity index (χ3v) is 3.40. The first kappa shape index (κ1) is 11.2. The number of halogens is 1. The molecule has 6 heteroatoms. The summed E-state index contributed by atoms with van der Waals surface area (Å²) in [6.45, 7) is 1.84. The number of furan rings is 1. The number of aromatic nitrogens is 2. The minimum absolute atomic E-state index is 0.161. The minimum atomic E-state index is 0.161. The highest BCUT2D eigenvalue weighted by Gasteiger charge is 2.12. The topological polar surface area (TPSA) is 56.0 Å². The first-order chi connectivity index (χ1) is 7.72. The van der Waals surface area contributed by atoms with Gasteiger partial charge in [-0.1, -0.05) is 23.4 Å². The van der Waals surface area contributed by atoms with Gasteiger partial charge in [-0.05, 0) is 13.0 Å². The predicted octanol–water partition coefficient (Wildman–Crippen LogP) is 3.00. The van der Waals surface area contributed by atoms with Gasteiger partial charge in [0.2, 0.25) is 0 Å². The van der Waals surface area contributed by atoms with Crippen LogP contribution in [0, 0.1) is 6.92 Å². The maximum absolute atomic E-state index is 10.9. The third-order valence-electron chi connectivity index (χ3n) is 1.93. The lowest BCUT2D eigenvalue weighted by Gasteiger charge is -2.02. The minimum Gasteiger partial charge on any atom is -0.468 e. The van der Waals surface area contributed by atoms with Gasteiger partial charge < -0.3 is 4.42 Å². The van der Waals surface area contributed by atoms with Crippen LogP contribution in [0.25, 0.3) is 0 Å². The summed E-state index contributed by atoms with van der Waals surface area (Å²) in [4.78, 5) is 19.5.